The number of fused-ring (bicyclic) bond motifs is 1. The minimum absolute atomic E-state index is 0.0225. The molecule has 6 heteroatoms. The van der Waals surface area contributed by atoms with E-state index in [9.17, 15) is 4.79 Å². The van der Waals surface area contributed by atoms with E-state index in [4.69, 9.17) is 21.1 Å². The van der Waals surface area contributed by atoms with Crippen molar-refractivity contribution in [2.75, 3.05) is 37.6 Å². The maximum absolute atomic E-state index is 13.2. The van der Waals surface area contributed by atoms with Crippen LogP contribution in [0, 0.1) is 23.7 Å². The number of nitrogens with zero attached hydrogens (tertiary/aromatic N) is 1. The Labute approximate surface area is 190 Å². The molecular weight excluding hydrogens is 412 g/mol. The highest BCUT2D eigenvalue weighted by molar-refractivity contribution is 6.30. The fourth-order valence-corrected chi connectivity index (χ4v) is 7.74. The summed E-state index contributed by atoms with van der Waals surface area (Å²) in [5.41, 5.74) is 0.785. The lowest BCUT2D eigenvalue weighted by Crippen LogP contribution is -3.15. The molecule has 0 radical (unpaired) electrons. The number of esters is 1. The highest BCUT2D eigenvalue weighted by Crippen LogP contribution is 2.66. The number of rotatable bonds is 3. The topological polar surface area (TPSA) is 46.5 Å². The molecule has 1 spiro atoms. The molecule has 2 aliphatic carbocycles. The first-order chi connectivity index (χ1) is 14.9. The highest BCUT2D eigenvalue weighted by Gasteiger charge is 2.77. The average molecular weight is 446 g/mol. The van der Waals surface area contributed by atoms with Crippen LogP contribution in [0.4, 0.5) is 5.69 Å². The Morgan fingerprint density at radius 2 is 2.00 bits per heavy atom. The van der Waals surface area contributed by atoms with Crippen molar-refractivity contribution in [2.24, 2.45) is 23.7 Å². The van der Waals surface area contributed by atoms with E-state index in [2.05, 4.69) is 24.8 Å². The Balaban J connectivity index is 1.17. The summed E-state index contributed by atoms with van der Waals surface area (Å²) in [6, 6.07) is 8.12. The summed E-state index contributed by atoms with van der Waals surface area (Å²) in [5.74, 6) is 1.48. The van der Waals surface area contributed by atoms with Gasteiger partial charge in [-0.3, -0.25) is 4.79 Å². The minimum atomic E-state index is -0.353. The fraction of sp³-hybridized carbons (Fsp3) is 0.720. The van der Waals surface area contributed by atoms with Crippen LogP contribution in [0.1, 0.15) is 39.5 Å². The van der Waals surface area contributed by atoms with Crippen molar-refractivity contribution in [1.29, 1.82) is 0 Å². The first kappa shape index (κ1) is 20.3. The Kier molecular flexibility index (Phi) is 4.65. The van der Waals surface area contributed by atoms with Gasteiger partial charge in [-0.15, -0.1) is 0 Å². The lowest BCUT2D eigenvalue weighted by molar-refractivity contribution is -0.903. The third-order valence-corrected chi connectivity index (χ3v) is 9.48. The van der Waals surface area contributed by atoms with Crippen LogP contribution in [0.5, 0.6) is 0 Å². The van der Waals surface area contributed by atoms with E-state index in [0.717, 1.165) is 57.0 Å². The summed E-state index contributed by atoms with van der Waals surface area (Å²) in [5, 5.41) is 0.786. The van der Waals surface area contributed by atoms with Crippen LogP contribution in [-0.2, 0) is 14.3 Å². The number of carbonyl (C=O) groups excluding carboxylic acids is 1. The van der Waals surface area contributed by atoms with Gasteiger partial charge in [-0.2, -0.15) is 0 Å². The van der Waals surface area contributed by atoms with Crippen molar-refractivity contribution >= 4 is 23.3 Å². The predicted octanol–water partition coefficient (Wildman–Crippen LogP) is 2.57. The monoisotopic (exact) mass is 445 g/mol. The molecule has 31 heavy (non-hydrogen) atoms. The largest absolute Gasteiger partial charge is 0.455 e. The summed E-state index contributed by atoms with van der Waals surface area (Å²) in [4.78, 5) is 17.2. The van der Waals surface area contributed by atoms with Gasteiger partial charge < -0.3 is 19.3 Å². The average Bonchev–Trinajstić information content (AvgIpc) is 3.38. The van der Waals surface area contributed by atoms with Gasteiger partial charge >= 0.3 is 5.97 Å². The van der Waals surface area contributed by atoms with Gasteiger partial charge in [0.15, 0.2) is 0 Å². The van der Waals surface area contributed by atoms with Gasteiger partial charge in [0.1, 0.15) is 17.6 Å². The molecular formula is C25H34ClN2O3+. The molecule has 0 aromatic heterocycles. The van der Waals surface area contributed by atoms with Gasteiger partial charge in [-0.1, -0.05) is 24.6 Å². The molecule has 5 aliphatic rings. The van der Waals surface area contributed by atoms with Crippen LogP contribution in [0.3, 0.4) is 0 Å². The third kappa shape index (κ3) is 3.07. The summed E-state index contributed by atoms with van der Waals surface area (Å²) in [6.45, 7) is 9.57. The first-order valence-corrected chi connectivity index (χ1v) is 12.5. The van der Waals surface area contributed by atoms with Gasteiger partial charge in [-0.05, 0) is 56.7 Å². The number of epoxide rings is 1. The van der Waals surface area contributed by atoms with Crippen LogP contribution < -0.4 is 9.80 Å². The summed E-state index contributed by atoms with van der Waals surface area (Å²) in [6.07, 6.45) is 4.68. The van der Waals surface area contributed by atoms with Crippen molar-refractivity contribution in [2.45, 2.75) is 56.8 Å². The number of quaternary nitrogens is 1. The number of anilines is 1. The molecule has 0 bridgehead atoms. The van der Waals surface area contributed by atoms with Gasteiger partial charge in [0.05, 0.1) is 38.3 Å². The lowest BCUT2D eigenvalue weighted by atomic mass is 9.55. The van der Waals surface area contributed by atoms with Crippen LogP contribution >= 0.6 is 11.6 Å². The number of nitrogens with one attached hydrogen (secondary N) is 1. The van der Waals surface area contributed by atoms with Crippen molar-refractivity contribution in [3.63, 3.8) is 0 Å². The van der Waals surface area contributed by atoms with Crippen LogP contribution in [0.2, 0.25) is 5.02 Å². The Hall–Kier alpha value is -1.30. The van der Waals surface area contributed by atoms with E-state index >= 15 is 0 Å². The van der Waals surface area contributed by atoms with Gasteiger partial charge in [0.25, 0.3) is 0 Å². The quantitative estimate of drug-likeness (QED) is 0.573. The molecule has 1 aromatic carbocycles. The minimum Gasteiger partial charge on any atom is -0.455 e. The molecule has 1 aromatic rings. The standard InChI is InChI=1S/C25H33ClN2O3/c1-16-6-7-21-19(22(29)30-25(21)20(16)8-9-24(2)23(25)31-24)15-27-10-12-28(13-11-27)18-5-3-4-17(26)14-18/h3-5,14,16,19-21,23H,6-13,15H2,1-2H3/p+1. The molecule has 3 heterocycles. The number of hydrogen-bond donors (Lipinski definition) is 1. The van der Waals surface area contributed by atoms with Gasteiger partial charge in [0, 0.05) is 22.5 Å². The maximum Gasteiger partial charge on any atom is 0.315 e. The van der Waals surface area contributed by atoms with Crippen molar-refractivity contribution in [1.82, 2.24) is 0 Å². The zero-order chi connectivity index (χ0) is 21.4. The molecule has 7 atom stereocenters. The molecule has 5 nitrogen and oxygen atoms in total. The van der Waals surface area contributed by atoms with E-state index in [0.29, 0.717) is 17.8 Å². The second-order valence-electron chi connectivity index (χ2n) is 10.9. The van der Waals surface area contributed by atoms with Crippen LogP contribution in [0.25, 0.3) is 0 Å². The SMILES string of the molecule is CC1CCC2C(C[NH+]3CCN(c4cccc(Cl)c4)CC3)C(=O)OC23C1CCC1(C)OC13. The summed E-state index contributed by atoms with van der Waals surface area (Å²) < 4.78 is 12.6. The number of carbonyl (C=O) groups is 1. The molecule has 5 fully saturated rings. The van der Waals surface area contributed by atoms with E-state index in [1.54, 1.807) is 0 Å². The van der Waals surface area contributed by atoms with E-state index in [1.165, 1.54) is 17.0 Å². The second-order valence-corrected chi connectivity index (χ2v) is 11.4. The Bertz CT molecular complexity index is 887. The second kappa shape index (κ2) is 7.10. The van der Waals surface area contributed by atoms with Crippen LogP contribution in [-0.4, -0.2) is 56.0 Å². The molecule has 3 saturated heterocycles. The Morgan fingerprint density at radius 3 is 2.77 bits per heavy atom. The Morgan fingerprint density at radius 1 is 1.19 bits per heavy atom. The van der Waals surface area contributed by atoms with Crippen LogP contribution in [0.15, 0.2) is 24.3 Å². The summed E-state index contributed by atoms with van der Waals surface area (Å²) in [7, 11) is 0. The molecule has 7 unspecified atom stereocenters. The molecule has 3 aliphatic heterocycles. The van der Waals surface area contributed by atoms with Gasteiger partial charge in [0.2, 0.25) is 0 Å². The first-order valence-electron chi connectivity index (χ1n) is 12.2. The lowest BCUT2D eigenvalue weighted by Gasteiger charge is -2.50. The molecule has 168 valence electrons. The smallest absolute Gasteiger partial charge is 0.315 e. The fourth-order valence-electron chi connectivity index (χ4n) is 7.55. The molecule has 2 saturated carbocycles. The van der Waals surface area contributed by atoms with E-state index < -0.39 is 0 Å². The predicted molar refractivity (Wildman–Crippen MR) is 119 cm³/mol. The number of hydrogen-bond acceptors (Lipinski definition) is 4. The highest BCUT2D eigenvalue weighted by atomic mass is 35.5. The molecule has 6 rings (SSSR count). The number of halogens is 1. The molecule has 1 N–H and O–H groups in total. The van der Waals surface area contributed by atoms with Crippen molar-refractivity contribution in [3.05, 3.63) is 29.3 Å². The zero-order valence-electron chi connectivity index (χ0n) is 18.6. The van der Waals surface area contributed by atoms with Gasteiger partial charge in [-0.25, -0.2) is 0 Å². The number of benzene rings is 1. The summed E-state index contributed by atoms with van der Waals surface area (Å²) >= 11 is 6.18. The normalized spacial score (nSPS) is 44.3. The maximum atomic E-state index is 13.2. The van der Waals surface area contributed by atoms with Crippen molar-refractivity contribution < 1.29 is 19.2 Å². The molecule has 0 amide bonds. The van der Waals surface area contributed by atoms with E-state index in [1.807, 2.05) is 18.2 Å². The number of ether oxygens (including phenoxy) is 2. The third-order valence-electron chi connectivity index (χ3n) is 9.24. The zero-order valence-corrected chi connectivity index (χ0v) is 19.4. The van der Waals surface area contributed by atoms with E-state index in [-0.39, 0.29) is 29.2 Å². The van der Waals surface area contributed by atoms with Crippen molar-refractivity contribution in [3.8, 4) is 0 Å². The number of piperazine rings is 1.